The molecule has 0 fully saturated rings. The standard InChI is InChI=1S/C12H10O8S2/c13-11-7(3-1-5-9(11)21(15,16)17)8-4-2-6-10(12(8)14)22(18,19)20/h1-6,13-14H,(H,15,16,17)(H,18,19,20). The van der Waals surface area contributed by atoms with Crippen molar-refractivity contribution in [2.24, 2.45) is 0 Å². The maximum Gasteiger partial charge on any atom is 0.298 e. The first-order chi connectivity index (χ1) is 10.0. The maximum atomic E-state index is 11.1. The molecule has 0 amide bonds. The molecule has 8 nitrogen and oxygen atoms in total. The van der Waals surface area contributed by atoms with Gasteiger partial charge in [0.1, 0.15) is 21.3 Å². The smallest absolute Gasteiger partial charge is 0.298 e. The van der Waals surface area contributed by atoms with Gasteiger partial charge in [0, 0.05) is 11.1 Å². The SMILES string of the molecule is O=S(=O)(O)c1cccc(-c2cccc(S(=O)(=O)O)c2O)c1O. The Kier molecular flexibility index (Phi) is 3.87. The molecule has 0 bridgehead atoms. The van der Waals surface area contributed by atoms with Crippen LogP contribution in [0.3, 0.4) is 0 Å². The Morgan fingerprint density at radius 3 is 1.23 bits per heavy atom. The van der Waals surface area contributed by atoms with E-state index in [0.29, 0.717) is 0 Å². The van der Waals surface area contributed by atoms with Crippen LogP contribution in [0.25, 0.3) is 11.1 Å². The average molecular weight is 346 g/mol. The third kappa shape index (κ3) is 2.90. The van der Waals surface area contributed by atoms with E-state index in [9.17, 15) is 27.0 Å². The molecule has 0 atom stereocenters. The predicted octanol–water partition coefficient (Wildman–Crippen LogP) is 1.26. The van der Waals surface area contributed by atoms with Crippen molar-refractivity contribution in [1.29, 1.82) is 0 Å². The van der Waals surface area contributed by atoms with Crippen molar-refractivity contribution in [3.05, 3.63) is 36.4 Å². The van der Waals surface area contributed by atoms with Crippen LogP contribution in [0.15, 0.2) is 46.2 Å². The summed E-state index contributed by atoms with van der Waals surface area (Å²) in [4.78, 5) is -1.61. The van der Waals surface area contributed by atoms with Crippen molar-refractivity contribution >= 4 is 20.2 Å². The fourth-order valence-corrected chi connectivity index (χ4v) is 3.11. The second-order valence-electron chi connectivity index (χ2n) is 4.25. The number of para-hydroxylation sites is 2. The monoisotopic (exact) mass is 346 g/mol. The number of hydrogen-bond acceptors (Lipinski definition) is 6. The highest BCUT2D eigenvalue weighted by Gasteiger charge is 2.23. The Morgan fingerprint density at radius 1 is 0.636 bits per heavy atom. The molecular formula is C12H10O8S2. The lowest BCUT2D eigenvalue weighted by atomic mass is 10.0. The van der Waals surface area contributed by atoms with Crippen LogP contribution in [0, 0.1) is 0 Å². The molecule has 0 radical (unpaired) electrons. The van der Waals surface area contributed by atoms with Gasteiger partial charge in [0.15, 0.2) is 0 Å². The van der Waals surface area contributed by atoms with Gasteiger partial charge in [-0.25, -0.2) is 0 Å². The Morgan fingerprint density at radius 2 is 0.955 bits per heavy atom. The topological polar surface area (TPSA) is 149 Å². The molecule has 2 rings (SSSR count). The molecule has 2 aromatic rings. The van der Waals surface area contributed by atoms with Crippen molar-refractivity contribution in [2.75, 3.05) is 0 Å². The van der Waals surface area contributed by atoms with Crippen LogP contribution in [0.1, 0.15) is 0 Å². The van der Waals surface area contributed by atoms with Gasteiger partial charge in [-0.1, -0.05) is 24.3 Å². The van der Waals surface area contributed by atoms with Crippen molar-refractivity contribution in [2.45, 2.75) is 9.79 Å². The Labute approximate surface area is 125 Å². The third-order valence-corrected chi connectivity index (χ3v) is 4.61. The zero-order valence-corrected chi connectivity index (χ0v) is 12.3. The lowest BCUT2D eigenvalue weighted by molar-refractivity contribution is 0.437. The van der Waals surface area contributed by atoms with Crippen molar-refractivity contribution in [3.63, 3.8) is 0 Å². The quantitative estimate of drug-likeness (QED) is 0.607. The van der Waals surface area contributed by atoms with Crippen molar-refractivity contribution in [1.82, 2.24) is 0 Å². The molecule has 22 heavy (non-hydrogen) atoms. The number of phenolic OH excluding ortho intramolecular Hbond substituents is 2. The van der Waals surface area contributed by atoms with Gasteiger partial charge in [-0.3, -0.25) is 9.11 Å². The van der Waals surface area contributed by atoms with Crippen molar-refractivity contribution in [3.8, 4) is 22.6 Å². The van der Waals surface area contributed by atoms with Gasteiger partial charge >= 0.3 is 0 Å². The summed E-state index contributed by atoms with van der Waals surface area (Å²) in [6, 6.07) is 6.62. The Bertz CT molecular complexity index is 866. The van der Waals surface area contributed by atoms with Gasteiger partial charge in [-0.05, 0) is 12.1 Å². The highest BCUT2D eigenvalue weighted by molar-refractivity contribution is 7.86. The molecule has 0 aromatic heterocycles. The van der Waals surface area contributed by atoms with Crippen LogP contribution in [0.4, 0.5) is 0 Å². The van der Waals surface area contributed by atoms with E-state index >= 15 is 0 Å². The van der Waals surface area contributed by atoms with E-state index in [0.717, 1.165) is 12.1 Å². The second-order valence-corrected chi connectivity index (χ2v) is 7.03. The zero-order chi connectivity index (χ0) is 16.7. The molecule has 0 aliphatic carbocycles. The van der Waals surface area contributed by atoms with E-state index in [4.69, 9.17) is 9.11 Å². The normalized spacial score (nSPS) is 12.3. The van der Waals surface area contributed by atoms with E-state index in [2.05, 4.69) is 0 Å². The van der Waals surface area contributed by atoms with E-state index in [1.54, 1.807) is 0 Å². The predicted molar refractivity (Wildman–Crippen MR) is 74.8 cm³/mol. The molecule has 0 saturated heterocycles. The second kappa shape index (κ2) is 5.25. The lowest BCUT2D eigenvalue weighted by Crippen LogP contribution is -2.01. The van der Waals surface area contributed by atoms with E-state index in [-0.39, 0.29) is 11.1 Å². The molecular weight excluding hydrogens is 336 g/mol. The fourth-order valence-electron chi connectivity index (χ4n) is 1.90. The average Bonchev–Trinajstić information content (AvgIpc) is 2.37. The van der Waals surface area contributed by atoms with Crippen LogP contribution in [0.2, 0.25) is 0 Å². The summed E-state index contributed by atoms with van der Waals surface area (Å²) in [6.07, 6.45) is 0. The molecule has 0 heterocycles. The molecule has 0 spiro atoms. The summed E-state index contributed by atoms with van der Waals surface area (Å²) in [6.45, 7) is 0. The van der Waals surface area contributed by atoms with Gasteiger partial charge in [0.25, 0.3) is 20.2 Å². The number of hydrogen-bond donors (Lipinski definition) is 4. The van der Waals surface area contributed by atoms with Crippen LogP contribution in [-0.4, -0.2) is 36.2 Å². The van der Waals surface area contributed by atoms with Crippen LogP contribution in [-0.2, 0) is 20.2 Å². The van der Waals surface area contributed by atoms with E-state index in [1.165, 1.54) is 24.3 Å². The summed E-state index contributed by atoms with van der Waals surface area (Å²) in [5.74, 6) is -1.74. The summed E-state index contributed by atoms with van der Waals surface area (Å²) in [7, 11) is -9.43. The first kappa shape index (κ1) is 16.2. The first-order valence-electron chi connectivity index (χ1n) is 5.63. The molecule has 0 aliphatic rings. The summed E-state index contributed by atoms with van der Waals surface area (Å²) in [5.41, 5.74) is -0.476. The molecule has 0 unspecified atom stereocenters. The molecule has 2 aromatic carbocycles. The Hall–Kier alpha value is -2.14. The van der Waals surface area contributed by atoms with Gasteiger partial charge in [-0.2, -0.15) is 16.8 Å². The largest absolute Gasteiger partial charge is 0.506 e. The minimum atomic E-state index is -4.71. The van der Waals surface area contributed by atoms with E-state index in [1.807, 2.05) is 0 Å². The van der Waals surface area contributed by atoms with E-state index < -0.39 is 41.5 Å². The molecule has 118 valence electrons. The number of benzene rings is 2. The maximum absolute atomic E-state index is 11.1. The fraction of sp³-hybridized carbons (Fsp3) is 0. The first-order valence-corrected chi connectivity index (χ1v) is 8.51. The van der Waals surface area contributed by atoms with Crippen LogP contribution in [0.5, 0.6) is 11.5 Å². The highest BCUT2D eigenvalue weighted by Crippen LogP contribution is 2.41. The minimum absolute atomic E-state index is 0.238. The molecule has 4 N–H and O–H groups in total. The molecule has 0 saturated carbocycles. The Balaban J connectivity index is 2.80. The number of phenols is 2. The summed E-state index contributed by atoms with van der Waals surface area (Å²) in [5, 5.41) is 19.9. The summed E-state index contributed by atoms with van der Waals surface area (Å²) < 4.78 is 62.6. The molecule has 0 aliphatic heterocycles. The zero-order valence-electron chi connectivity index (χ0n) is 10.7. The van der Waals surface area contributed by atoms with Crippen LogP contribution >= 0.6 is 0 Å². The van der Waals surface area contributed by atoms with Gasteiger partial charge in [0.05, 0.1) is 0 Å². The van der Waals surface area contributed by atoms with Gasteiger partial charge < -0.3 is 10.2 Å². The summed E-state index contributed by atoms with van der Waals surface area (Å²) >= 11 is 0. The number of aromatic hydroxyl groups is 2. The molecule has 10 heteroatoms. The van der Waals surface area contributed by atoms with Gasteiger partial charge in [-0.15, -0.1) is 0 Å². The number of rotatable bonds is 3. The minimum Gasteiger partial charge on any atom is -0.506 e. The van der Waals surface area contributed by atoms with Gasteiger partial charge in [0.2, 0.25) is 0 Å². The lowest BCUT2D eigenvalue weighted by Gasteiger charge is -2.11. The van der Waals surface area contributed by atoms with Crippen molar-refractivity contribution < 1.29 is 36.2 Å². The highest BCUT2D eigenvalue weighted by atomic mass is 32.2. The third-order valence-electron chi connectivity index (χ3n) is 2.84. The van der Waals surface area contributed by atoms with Crippen LogP contribution < -0.4 is 0 Å².